The average molecular weight is 180 g/mol. The molecular weight excluding hydrogens is 164 g/mol. The number of carbonyl (C=O) groups is 1. The molecule has 0 fully saturated rings. The molecule has 0 atom stereocenters. The molecule has 0 aliphatic carbocycles. The third-order valence-electron chi connectivity index (χ3n) is 1.98. The van der Waals surface area contributed by atoms with Crippen LogP contribution in [0.15, 0.2) is 6.20 Å². The molecule has 1 rings (SSSR count). The van der Waals surface area contributed by atoms with Crippen molar-refractivity contribution in [3.63, 3.8) is 0 Å². The molecule has 0 bridgehead atoms. The summed E-state index contributed by atoms with van der Waals surface area (Å²) in [5.41, 5.74) is 1.14. The van der Waals surface area contributed by atoms with Crippen LogP contribution in [0.5, 0.6) is 0 Å². The smallest absolute Gasteiger partial charge is 0.130 e. The van der Waals surface area contributed by atoms with Crippen molar-refractivity contribution in [2.24, 2.45) is 0 Å². The average Bonchev–Trinajstić information content (AvgIpc) is 2.48. The summed E-state index contributed by atoms with van der Waals surface area (Å²) < 4.78 is 0. The number of hydrogen-bond acceptors (Lipinski definition) is 2. The number of Topliss-reactive ketones (excluding diaryl/α,β-unsaturated/α-hetero) is 1. The quantitative estimate of drug-likeness (QED) is 0.770. The maximum atomic E-state index is 10.7. The SMILES string of the molecule is CC(=O)CCc1ncc(C(C)C)[nH]1. The highest BCUT2D eigenvalue weighted by Crippen LogP contribution is 2.11. The van der Waals surface area contributed by atoms with Crippen LogP contribution in [-0.4, -0.2) is 15.8 Å². The molecule has 1 N–H and O–H groups in total. The number of aromatic nitrogens is 2. The van der Waals surface area contributed by atoms with E-state index in [1.54, 1.807) is 6.92 Å². The zero-order chi connectivity index (χ0) is 9.84. The number of nitrogens with one attached hydrogen (secondary N) is 1. The third-order valence-corrected chi connectivity index (χ3v) is 1.98. The molecular formula is C10H16N2O. The lowest BCUT2D eigenvalue weighted by Gasteiger charge is -1.98. The number of hydrogen-bond donors (Lipinski definition) is 1. The van der Waals surface area contributed by atoms with Gasteiger partial charge in [0.2, 0.25) is 0 Å². The number of nitrogens with zero attached hydrogens (tertiary/aromatic N) is 1. The number of aryl methyl sites for hydroxylation is 1. The van der Waals surface area contributed by atoms with Gasteiger partial charge < -0.3 is 9.78 Å². The number of aromatic amines is 1. The molecule has 0 aromatic carbocycles. The molecule has 1 aromatic rings. The predicted molar refractivity (Wildman–Crippen MR) is 51.7 cm³/mol. The van der Waals surface area contributed by atoms with E-state index in [0.717, 1.165) is 17.9 Å². The summed E-state index contributed by atoms with van der Waals surface area (Å²) in [6, 6.07) is 0. The first kappa shape index (κ1) is 9.96. The normalized spacial score (nSPS) is 10.8. The Morgan fingerprint density at radius 2 is 2.31 bits per heavy atom. The molecule has 13 heavy (non-hydrogen) atoms. The second kappa shape index (κ2) is 4.21. The van der Waals surface area contributed by atoms with Gasteiger partial charge in [0.15, 0.2) is 0 Å². The molecule has 0 spiro atoms. The van der Waals surface area contributed by atoms with Crippen LogP contribution in [0.4, 0.5) is 0 Å². The topological polar surface area (TPSA) is 45.8 Å². The number of ketones is 1. The van der Waals surface area contributed by atoms with Gasteiger partial charge in [0.25, 0.3) is 0 Å². The third kappa shape index (κ3) is 3.01. The van der Waals surface area contributed by atoms with Crippen molar-refractivity contribution in [1.82, 2.24) is 9.97 Å². The Bertz CT molecular complexity index is 289. The van der Waals surface area contributed by atoms with E-state index in [1.165, 1.54) is 0 Å². The van der Waals surface area contributed by atoms with E-state index in [4.69, 9.17) is 0 Å². The minimum absolute atomic E-state index is 0.211. The minimum atomic E-state index is 0.211. The summed E-state index contributed by atoms with van der Waals surface area (Å²) in [7, 11) is 0. The molecule has 0 aliphatic rings. The Kier molecular flexibility index (Phi) is 3.23. The fraction of sp³-hybridized carbons (Fsp3) is 0.600. The Hall–Kier alpha value is -1.12. The van der Waals surface area contributed by atoms with Gasteiger partial charge in [0.1, 0.15) is 11.6 Å². The van der Waals surface area contributed by atoms with E-state index in [-0.39, 0.29) is 5.78 Å². The standard InChI is InChI=1S/C10H16N2O/c1-7(2)9-6-11-10(12-9)5-4-8(3)13/h6-7H,4-5H2,1-3H3,(H,11,12). The summed E-state index contributed by atoms with van der Waals surface area (Å²) in [4.78, 5) is 18.1. The van der Waals surface area contributed by atoms with Gasteiger partial charge >= 0.3 is 0 Å². The second-order valence-corrected chi connectivity index (χ2v) is 3.64. The predicted octanol–water partition coefficient (Wildman–Crippen LogP) is 2.05. The maximum Gasteiger partial charge on any atom is 0.130 e. The first-order valence-electron chi connectivity index (χ1n) is 4.63. The van der Waals surface area contributed by atoms with Gasteiger partial charge in [-0.25, -0.2) is 4.98 Å². The molecule has 3 heteroatoms. The van der Waals surface area contributed by atoms with Crippen LogP contribution in [0.25, 0.3) is 0 Å². The van der Waals surface area contributed by atoms with Crippen molar-refractivity contribution in [3.8, 4) is 0 Å². The van der Waals surface area contributed by atoms with Gasteiger partial charge in [0.05, 0.1) is 0 Å². The summed E-state index contributed by atoms with van der Waals surface area (Å²) >= 11 is 0. The van der Waals surface area contributed by atoms with Crippen LogP contribution in [0.2, 0.25) is 0 Å². The number of carbonyl (C=O) groups excluding carboxylic acids is 1. The van der Waals surface area contributed by atoms with E-state index < -0.39 is 0 Å². The highest BCUT2D eigenvalue weighted by atomic mass is 16.1. The number of imidazole rings is 1. The summed E-state index contributed by atoms with van der Waals surface area (Å²) in [6.07, 6.45) is 3.15. The van der Waals surface area contributed by atoms with Gasteiger partial charge in [-0.3, -0.25) is 0 Å². The first-order chi connectivity index (χ1) is 6.09. The van der Waals surface area contributed by atoms with Crippen molar-refractivity contribution < 1.29 is 4.79 Å². The summed E-state index contributed by atoms with van der Waals surface area (Å²) in [5, 5.41) is 0. The van der Waals surface area contributed by atoms with Crippen molar-refractivity contribution in [2.45, 2.75) is 39.5 Å². The number of rotatable bonds is 4. The van der Waals surface area contributed by atoms with E-state index in [2.05, 4.69) is 23.8 Å². The van der Waals surface area contributed by atoms with Crippen LogP contribution >= 0.6 is 0 Å². The van der Waals surface area contributed by atoms with E-state index in [0.29, 0.717) is 12.3 Å². The lowest BCUT2D eigenvalue weighted by molar-refractivity contribution is -0.117. The summed E-state index contributed by atoms with van der Waals surface area (Å²) in [6.45, 7) is 5.83. The van der Waals surface area contributed by atoms with Gasteiger partial charge in [-0.2, -0.15) is 0 Å². The number of H-pyrrole nitrogens is 1. The monoisotopic (exact) mass is 180 g/mol. The molecule has 72 valence electrons. The van der Waals surface area contributed by atoms with Crippen LogP contribution in [0, 0.1) is 0 Å². The zero-order valence-corrected chi connectivity index (χ0v) is 8.42. The highest BCUT2D eigenvalue weighted by Gasteiger charge is 2.04. The largest absolute Gasteiger partial charge is 0.346 e. The maximum absolute atomic E-state index is 10.7. The zero-order valence-electron chi connectivity index (χ0n) is 8.42. The molecule has 0 unspecified atom stereocenters. The van der Waals surface area contributed by atoms with Crippen LogP contribution < -0.4 is 0 Å². The van der Waals surface area contributed by atoms with E-state index in [1.807, 2.05) is 6.20 Å². The van der Waals surface area contributed by atoms with Crippen molar-refractivity contribution in [1.29, 1.82) is 0 Å². The van der Waals surface area contributed by atoms with E-state index >= 15 is 0 Å². The molecule has 0 saturated carbocycles. The second-order valence-electron chi connectivity index (χ2n) is 3.64. The molecule has 0 amide bonds. The van der Waals surface area contributed by atoms with Gasteiger partial charge in [-0.1, -0.05) is 13.8 Å². The Morgan fingerprint density at radius 3 is 2.77 bits per heavy atom. The molecule has 1 heterocycles. The lowest BCUT2D eigenvalue weighted by Crippen LogP contribution is -1.96. The van der Waals surface area contributed by atoms with Crippen LogP contribution in [0.1, 0.15) is 44.6 Å². The molecule has 0 aliphatic heterocycles. The van der Waals surface area contributed by atoms with Crippen molar-refractivity contribution in [3.05, 3.63) is 17.7 Å². The van der Waals surface area contributed by atoms with Crippen LogP contribution in [0.3, 0.4) is 0 Å². The molecule has 3 nitrogen and oxygen atoms in total. The van der Waals surface area contributed by atoms with Crippen LogP contribution in [-0.2, 0) is 11.2 Å². The Balaban J connectivity index is 2.54. The fourth-order valence-electron chi connectivity index (χ4n) is 1.09. The molecule has 0 saturated heterocycles. The Labute approximate surface area is 78.6 Å². The van der Waals surface area contributed by atoms with E-state index in [9.17, 15) is 4.79 Å². The lowest BCUT2D eigenvalue weighted by atomic mass is 10.2. The molecule has 0 radical (unpaired) electrons. The minimum Gasteiger partial charge on any atom is -0.346 e. The fourth-order valence-corrected chi connectivity index (χ4v) is 1.09. The Morgan fingerprint density at radius 1 is 1.62 bits per heavy atom. The first-order valence-corrected chi connectivity index (χ1v) is 4.63. The summed E-state index contributed by atoms with van der Waals surface area (Å²) in [5.74, 6) is 1.60. The van der Waals surface area contributed by atoms with Crippen molar-refractivity contribution >= 4 is 5.78 Å². The highest BCUT2D eigenvalue weighted by molar-refractivity contribution is 5.75. The molecule has 1 aromatic heterocycles. The van der Waals surface area contributed by atoms with Gasteiger partial charge in [-0.15, -0.1) is 0 Å². The van der Waals surface area contributed by atoms with Gasteiger partial charge in [0, 0.05) is 24.7 Å². The van der Waals surface area contributed by atoms with Crippen molar-refractivity contribution in [2.75, 3.05) is 0 Å². The van der Waals surface area contributed by atoms with Gasteiger partial charge in [-0.05, 0) is 12.8 Å².